The quantitative estimate of drug-likeness (QED) is 0.407. The van der Waals surface area contributed by atoms with Gasteiger partial charge in [0.1, 0.15) is 16.8 Å². The third-order valence-corrected chi connectivity index (χ3v) is 5.12. The van der Waals surface area contributed by atoms with Gasteiger partial charge in [0.25, 0.3) is 0 Å². The molecule has 0 saturated heterocycles. The van der Waals surface area contributed by atoms with Crippen molar-refractivity contribution in [3.05, 3.63) is 50.3 Å². The van der Waals surface area contributed by atoms with Gasteiger partial charge in [-0.3, -0.25) is 0 Å². The van der Waals surface area contributed by atoms with E-state index in [9.17, 15) is 4.39 Å². The van der Waals surface area contributed by atoms with Gasteiger partial charge in [0.05, 0.1) is 21.6 Å². The van der Waals surface area contributed by atoms with Gasteiger partial charge in [-0.2, -0.15) is 0 Å². The van der Waals surface area contributed by atoms with Crippen LogP contribution in [0.1, 0.15) is 11.5 Å². The monoisotopic (exact) mass is 424 g/mol. The maximum atomic E-state index is 12.8. The number of hydrogen-bond donors (Lipinski definition) is 0. The highest BCUT2D eigenvalue weighted by molar-refractivity contribution is 14.1. The molecule has 0 bridgehead atoms. The van der Waals surface area contributed by atoms with Crippen molar-refractivity contribution in [2.75, 3.05) is 7.11 Å². The molecule has 0 amide bonds. The number of halogens is 3. The summed E-state index contributed by atoms with van der Waals surface area (Å²) >= 11 is 9.72. The highest BCUT2D eigenvalue weighted by atomic mass is 127. The molecule has 0 aliphatic carbocycles. The molecule has 2 aromatic rings. The maximum absolute atomic E-state index is 12.8. The van der Waals surface area contributed by atoms with Crippen LogP contribution < -0.4 is 0 Å². The molecule has 0 aliphatic rings. The van der Waals surface area contributed by atoms with E-state index in [0.29, 0.717) is 23.3 Å². The van der Waals surface area contributed by atoms with Gasteiger partial charge in [-0.05, 0) is 46.9 Å². The first-order valence-corrected chi connectivity index (χ1v) is 8.12. The smallest absolute Gasteiger partial charge is 0.146 e. The fraction of sp³-hybridized carbons (Fsp3) is 0.231. The molecule has 0 atom stereocenters. The number of hydrogen-bond acceptors (Lipinski definition) is 4. The van der Waals surface area contributed by atoms with Crippen molar-refractivity contribution in [2.24, 2.45) is 0 Å². The summed E-state index contributed by atoms with van der Waals surface area (Å²) in [6, 6.07) is 6.32. The Labute approximate surface area is 139 Å². The molecule has 0 fully saturated rings. The summed E-state index contributed by atoms with van der Waals surface area (Å²) in [5, 5.41) is 0.433. The summed E-state index contributed by atoms with van der Waals surface area (Å²) in [6.07, 6.45) is 0. The predicted molar refractivity (Wildman–Crippen MR) is 86.4 cm³/mol. The van der Waals surface area contributed by atoms with E-state index in [1.54, 1.807) is 19.2 Å². The van der Waals surface area contributed by atoms with Crippen molar-refractivity contribution in [2.45, 2.75) is 17.3 Å². The van der Waals surface area contributed by atoms with E-state index in [1.165, 1.54) is 23.9 Å². The van der Waals surface area contributed by atoms with Crippen molar-refractivity contribution in [1.29, 1.82) is 0 Å². The Bertz CT molecular complexity index is 598. The van der Waals surface area contributed by atoms with Crippen molar-refractivity contribution in [3.8, 4) is 0 Å². The molecule has 0 aliphatic heterocycles. The van der Waals surface area contributed by atoms with E-state index in [0.717, 1.165) is 14.2 Å². The van der Waals surface area contributed by atoms with Crippen LogP contribution in [0.3, 0.4) is 0 Å². The van der Waals surface area contributed by atoms with Crippen LogP contribution in [0.15, 0.2) is 29.2 Å². The van der Waals surface area contributed by atoms with E-state index in [4.69, 9.17) is 16.3 Å². The van der Waals surface area contributed by atoms with Gasteiger partial charge in [-0.1, -0.05) is 11.6 Å². The van der Waals surface area contributed by atoms with Crippen molar-refractivity contribution < 1.29 is 9.13 Å². The van der Waals surface area contributed by atoms with Gasteiger partial charge in [-0.15, -0.1) is 11.8 Å². The zero-order valence-corrected chi connectivity index (χ0v) is 14.3. The Hall–Kier alpha value is -0.440. The van der Waals surface area contributed by atoms with Crippen LogP contribution in [0.2, 0.25) is 5.15 Å². The van der Waals surface area contributed by atoms with Gasteiger partial charge < -0.3 is 4.74 Å². The lowest BCUT2D eigenvalue weighted by molar-refractivity contribution is 0.180. The van der Waals surface area contributed by atoms with Crippen LogP contribution in [0.4, 0.5) is 4.39 Å². The Kier molecular flexibility index (Phi) is 6.01. The van der Waals surface area contributed by atoms with Crippen LogP contribution >= 0.6 is 46.0 Å². The van der Waals surface area contributed by atoms with Gasteiger partial charge in [-0.25, -0.2) is 14.4 Å². The first-order chi connectivity index (χ1) is 9.60. The van der Waals surface area contributed by atoms with Gasteiger partial charge in [0.15, 0.2) is 0 Å². The summed E-state index contributed by atoms with van der Waals surface area (Å²) in [4.78, 5) is 9.63. The molecular formula is C13H11ClFIN2OS. The van der Waals surface area contributed by atoms with E-state index < -0.39 is 0 Å². The molecule has 106 valence electrons. The SMILES string of the molecule is COCc1nc(CSc2ccc(F)cc2)nc(Cl)c1I. The average molecular weight is 425 g/mol. The first kappa shape index (κ1) is 15.9. The van der Waals surface area contributed by atoms with Gasteiger partial charge >= 0.3 is 0 Å². The molecule has 1 aromatic carbocycles. The number of rotatable bonds is 5. The normalized spacial score (nSPS) is 10.8. The number of ether oxygens (including phenoxy) is 1. The fourth-order valence-electron chi connectivity index (χ4n) is 1.49. The third kappa shape index (κ3) is 4.28. The molecule has 2 rings (SSSR count). The van der Waals surface area contributed by atoms with Crippen LogP contribution in [0.25, 0.3) is 0 Å². The highest BCUT2D eigenvalue weighted by Crippen LogP contribution is 2.25. The minimum Gasteiger partial charge on any atom is -0.378 e. The molecule has 0 unspecified atom stereocenters. The second-order valence-electron chi connectivity index (χ2n) is 3.87. The maximum Gasteiger partial charge on any atom is 0.146 e. The van der Waals surface area contributed by atoms with Crippen molar-refractivity contribution >= 4 is 46.0 Å². The molecule has 0 spiro atoms. The minimum atomic E-state index is -0.245. The number of benzene rings is 1. The standard InChI is InChI=1S/C13H11ClFIN2OS/c1-19-6-10-12(16)13(14)18-11(17-10)7-20-9-4-2-8(15)3-5-9/h2-5H,6-7H2,1H3. The lowest BCUT2D eigenvalue weighted by Gasteiger charge is -2.07. The predicted octanol–water partition coefficient (Wildman–Crippen LogP) is 4.31. The topological polar surface area (TPSA) is 35.0 Å². The molecular weight excluding hydrogens is 414 g/mol. The van der Waals surface area contributed by atoms with Gasteiger partial charge in [0.2, 0.25) is 0 Å². The number of aromatic nitrogens is 2. The molecule has 1 heterocycles. The summed E-state index contributed by atoms with van der Waals surface area (Å²) in [7, 11) is 1.61. The highest BCUT2D eigenvalue weighted by Gasteiger charge is 2.11. The lowest BCUT2D eigenvalue weighted by atomic mass is 10.4. The van der Waals surface area contributed by atoms with E-state index in [-0.39, 0.29) is 5.82 Å². The Morgan fingerprint density at radius 3 is 2.65 bits per heavy atom. The van der Waals surface area contributed by atoms with Crippen molar-refractivity contribution in [1.82, 2.24) is 9.97 Å². The Balaban J connectivity index is 2.11. The summed E-state index contributed by atoms with van der Waals surface area (Å²) in [5.41, 5.74) is 0.780. The molecule has 0 saturated carbocycles. The van der Waals surface area contributed by atoms with Crippen LogP contribution in [-0.4, -0.2) is 17.1 Å². The third-order valence-electron chi connectivity index (χ3n) is 2.39. The molecule has 1 aromatic heterocycles. The van der Waals surface area contributed by atoms with E-state index in [1.807, 2.05) is 0 Å². The number of methoxy groups -OCH3 is 1. The molecule has 0 N–H and O–H groups in total. The summed E-state index contributed by atoms with van der Waals surface area (Å²) in [5.74, 6) is 0.959. The van der Waals surface area contributed by atoms with Crippen LogP contribution in [0.5, 0.6) is 0 Å². The van der Waals surface area contributed by atoms with Crippen LogP contribution in [0, 0.1) is 9.39 Å². The average Bonchev–Trinajstić information content (AvgIpc) is 2.44. The minimum absolute atomic E-state index is 0.245. The summed E-state index contributed by atoms with van der Waals surface area (Å²) in [6.45, 7) is 0.398. The zero-order valence-electron chi connectivity index (χ0n) is 10.6. The molecule has 0 radical (unpaired) electrons. The Morgan fingerprint density at radius 1 is 1.30 bits per heavy atom. The summed E-state index contributed by atoms with van der Waals surface area (Å²) < 4.78 is 18.7. The second-order valence-corrected chi connectivity index (χ2v) is 6.35. The van der Waals surface area contributed by atoms with Crippen molar-refractivity contribution in [3.63, 3.8) is 0 Å². The Morgan fingerprint density at radius 2 is 2.00 bits per heavy atom. The first-order valence-electron chi connectivity index (χ1n) is 5.68. The van der Waals surface area contributed by atoms with Crippen LogP contribution in [-0.2, 0) is 17.1 Å². The fourth-order valence-corrected chi connectivity index (χ4v) is 2.84. The van der Waals surface area contributed by atoms with E-state index in [2.05, 4.69) is 32.6 Å². The van der Waals surface area contributed by atoms with E-state index >= 15 is 0 Å². The number of thioether (sulfide) groups is 1. The van der Waals surface area contributed by atoms with Gasteiger partial charge in [0, 0.05) is 12.0 Å². The zero-order chi connectivity index (χ0) is 14.5. The molecule has 3 nitrogen and oxygen atoms in total. The largest absolute Gasteiger partial charge is 0.378 e. The molecule has 7 heteroatoms. The molecule has 20 heavy (non-hydrogen) atoms. The lowest BCUT2D eigenvalue weighted by Crippen LogP contribution is -2.03. The second kappa shape index (κ2) is 7.53. The number of nitrogens with zero attached hydrogens (tertiary/aromatic N) is 2.